The number of nitrogens with zero attached hydrogens (tertiary/aromatic N) is 1. The lowest BCUT2D eigenvalue weighted by molar-refractivity contribution is -0.137. The van der Waals surface area contributed by atoms with E-state index in [1.807, 2.05) is 6.92 Å². The summed E-state index contributed by atoms with van der Waals surface area (Å²) < 4.78 is 26.2. The SMILES string of the molecule is CCCN(C1CCCNC1)S(=O)(=O)CCCC(=O)O. The van der Waals surface area contributed by atoms with E-state index in [4.69, 9.17) is 5.11 Å². The maximum absolute atomic E-state index is 12.3. The van der Waals surface area contributed by atoms with Crippen molar-refractivity contribution in [3.8, 4) is 0 Å². The van der Waals surface area contributed by atoms with E-state index < -0.39 is 16.0 Å². The van der Waals surface area contributed by atoms with Crippen LogP contribution in [0.15, 0.2) is 0 Å². The first-order valence-corrected chi connectivity index (χ1v) is 8.50. The number of nitrogens with one attached hydrogen (secondary N) is 1. The highest BCUT2D eigenvalue weighted by Crippen LogP contribution is 2.16. The van der Waals surface area contributed by atoms with Gasteiger partial charge in [0.2, 0.25) is 10.0 Å². The highest BCUT2D eigenvalue weighted by Gasteiger charge is 2.29. The molecule has 1 fully saturated rings. The summed E-state index contributed by atoms with van der Waals surface area (Å²) in [6.45, 7) is 4.10. The Labute approximate surface area is 115 Å². The molecule has 2 N–H and O–H groups in total. The number of carboxylic acids is 1. The van der Waals surface area contributed by atoms with E-state index in [0.29, 0.717) is 13.1 Å². The molecular weight excluding hydrogens is 268 g/mol. The van der Waals surface area contributed by atoms with Gasteiger partial charge in [0.05, 0.1) is 5.75 Å². The molecule has 1 aliphatic heterocycles. The van der Waals surface area contributed by atoms with Crippen LogP contribution >= 0.6 is 0 Å². The van der Waals surface area contributed by atoms with E-state index in [1.165, 1.54) is 0 Å². The molecule has 0 radical (unpaired) electrons. The Morgan fingerprint density at radius 2 is 2.21 bits per heavy atom. The Balaban J connectivity index is 2.64. The number of carboxylic acid groups (broad SMARTS) is 1. The molecule has 0 saturated carbocycles. The Morgan fingerprint density at radius 3 is 2.74 bits per heavy atom. The first-order chi connectivity index (χ1) is 8.97. The van der Waals surface area contributed by atoms with Crippen LogP contribution in [0.3, 0.4) is 0 Å². The third kappa shape index (κ3) is 5.46. The van der Waals surface area contributed by atoms with Gasteiger partial charge < -0.3 is 10.4 Å². The van der Waals surface area contributed by atoms with E-state index in [2.05, 4.69) is 5.32 Å². The van der Waals surface area contributed by atoms with Gasteiger partial charge in [0.25, 0.3) is 0 Å². The molecule has 0 aromatic heterocycles. The summed E-state index contributed by atoms with van der Waals surface area (Å²) in [5.74, 6) is -1.02. The third-order valence-electron chi connectivity index (χ3n) is 3.27. The predicted octanol–water partition coefficient (Wildman–Crippen LogP) is 0.645. The van der Waals surface area contributed by atoms with Crippen molar-refractivity contribution >= 4 is 16.0 Å². The fraction of sp³-hybridized carbons (Fsp3) is 0.917. The average molecular weight is 292 g/mol. The fourth-order valence-electron chi connectivity index (χ4n) is 2.37. The Bertz CT molecular complexity index is 377. The first-order valence-electron chi connectivity index (χ1n) is 6.89. The number of hydrogen-bond donors (Lipinski definition) is 2. The van der Waals surface area contributed by atoms with Crippen molar-refractivity contribution in [3.63, 3.8) is 0 Å². The molecule has 0 amide bonds. The van der Waals surface area contributed by atoms with Crippen LogP contribution in [0, 0.1) is 0 Å². The lowest BCUT2D eigenvalue weighted by atomic mass is 10.1. The van der Waals surface area contributed by atoms with Crippen LogP contribution in [0.5, 0.6) is 0 Å². The monoisotopic (exact) mass is 292 g/mol. The first kappa shape index (κ1) is 16.4. The summed E-state index contributed by atoms with van der Waals surface area (Å²) in [6.07, 6.45) is 2.72. The molecule has 19 heavy (non-hydrogen) atoms. The molecular formula is C12H24N2O4S. The second-order valence-electron chi connectivity index (χ2n) is 4.92. The molecule has 0 aromatic rings. The Kier molecular flexibility index (Phi) is 6.74. The van der Waals surface area contributed by atoms with Crippen LogP contribution in [-0.2, 0) is 14.8 Å². The van der Waals surface area contributed by atoms with Crippen molar-refractivity contribution in [2.75, 3.05) is 25.4 Å². The minimum Gasteiger partial charge on any atom is -0.481 e. The quantitative estimate of drug-likeness (QED) is 0.686. The second-order valence-corrected chi connectivity index (χ2v) is 6.97. The van der Waals surface area contributed by atoms with Crippen LogP contribution < -0.4 is 5.32 Å². The van der Waals surface area contributed by atoms with Gasteiger partial charge in [0.1, 0.15) is 0 Å². The van der Waals surface area contributed by atoms with Crippen LogP contribution in [0.1, 0.15) is 39.0 Å². The molecule has 0 spiro atoms. The average Bonchev–Trinajstić information content (AvgIpc) is 2.36. The minimum absolute atomic E-state index is 0.0172. The van der Waals surface area contributed by atoms with Crippen molar-refractivity contribution in [1.82, 2.24) is 9.62 Å². The molecule has 1 aliphatic rings. The highest BCUT2D eigenvalue weighted by molar-refractivity contribution is 7.89. The van der Waals surface area contributed by atoms with E-state index >= 15 is 0 Å². The molecule has 1 unspecified atom stereocenters. The molecule has 0 bridgehead atoms. The zero-order valence-corrected chi connectivity index (χ0v) is 12.3. The maximum Gasteiger partial charge on any atom is 0.303 e. The summed E-state index contributed by atoms with van der Waals surface area (Å²) in [7, 11) is -3.35. The Hall–Kier alpha value is -0.660. The second kappa shape index (κ2) is 7.81. The summed E-state index contributed by atoms with van der Waals surface area (Å²) in [4.78, 5) is 10.5. The zero-order chi connectivity index (χ0) is 14.3. The molecule has 112 valence electrons. The van der Waals surface area contributed by atoms with E-state index in [-0.39, 0.29) is 24.6 Å². The third-order valence-corrected chi connectivity index (χ3v) is 5.27. The largest absolute Gasteiger partial charge is 0.481 e. The highest BCUT2D eigenvalue weighted by atomic mass is 32.2. The molecule has 1 saturated heterocycles. The van der Waals surface area contributed by atoms with E-state index in [9.17, 15) is 13.2 Å². The summed E-state index contributed by atoms with van der Waals surface area (Å²) in [5, 5.41) is 11.8. The van der Waals surface area contributed by atoms with E-state index in [0.717, 1.165) is 25.8 Å². The van der Waals surface area contributed by atoms with Gasteiger partial charge in [0.15, 0.2) is 0 Å². The van der Waals surface area contributed by atoms with Crippen molar-refractivity contribution in [2.45, 2.75) is 45.1 Å². The van der Waals surface area contributed by atoms with Crippen molar-refractivity contribution in [2.24, 2.45) is 0 Å². The summed E-state index contributed by atoms with van der Waals surface area (Å²) >= 11 is 0. The van der Waals surface area contributed by atoms with Gasteiger partial charge >= 0.3 is 5.97 Å². The van der Waals surface area contributed by atoms with Gasteiger partial charge in [-0.05, 0) is 32.2 Å². The van der Waals surface area contributed by atoms with Gasteiger partial charge in [-0.1, -0.05) is 6.92 Å². The molecule has 1 atom stereocenters. The van der Waals surface area contributed by atoms with Gasteiger partial charge in [-0.2, -0.15) is 4.31 Å². The van der Waals surface area contributed by atoms with Crippen molar-refractivity contribution in [1.29, 1.82) is 0 Å². The topological polar surface area (TPSA) is 86.7 Å². The van der Waals surface area contributed by atoms with Crippen molar-refractivity contribution in [3.05, 3.63) is 0 Å². The van der Waals surface area contributed by atoms with Crippen LogP contribution in [0.25, 0.3) is 0 Å². The molecule has 7 heteroatoms. The van der Waals surface area contributed by atoms with Gasteiger partial charge in [-0.3, -0.25) is 4.79 Å². The Morgan fingerprint density at radius 1 is 1.47 bits per heavy atom. The standard InChI is InChI=1S/C12H24N2O4S/c1-2-8-14(11-5-3-7-13-10-11)19(17,18)9-4-6-12(15)16/h11,13H,2-10H2,1H3,(H,15,16). The van der Waals surface area contributed by atoms with Crippen molar-refractivity contribution < 1.29 is 18.3 Å². The van der Waals surface area contributed by atoms with E-state index in [1.54, 1.807) is 4.31 Å². The molecule has 6 nitrogen and oxygen atoms in total. The minimum atomic E-state index is -3.35. The smallest absolute Gasteiger partial charge is 0.303 e. The number of carbonyl (C=O) groups is 1. The lowest BCUT2D eigenvalue weighted by Crippen LogP contribution is -2.49. The van der Waals surface area contributed by atoms with Gasteiger partial charge in [0, 0.05) is 25.6 Å². The summed E-state index contributed by atoms with van der Waals surface area (Å²) in [5.41, 5.74) is 0. The lowest BCUT2D eigenvalue weighted by Gasteiger charge is -2.33. The van der Waals surface area contributed by atoms with Crippen LogP contribution in [0.4, 0.5) is 0 Å². The number of hydrogen-bond acceptors (Lipinski definition) is 4. The molecule has 0 aliphatic carbocycles. The normalized spacial score (nSPS) is 20.6. The number of piperidine rings is 1. The number of sulfonamides is 1. The number of aliphatic carboxylic acids is 1. The van der Waals surface area contributed by atoms with Gasteiger partial charge in [-0.15, -0.1) is 0 Å². The fourth-order valence-corrected chi connectivity index (χ4v) is 4.21. The van der Waals surface area contributed by atoms with Crippen LogP contribution in [-0.4, -0.2) is 55.2 Å². The zero-order valence-electron chi connectivity index (χ0n) is 11.5. The van der Waals surface area contributed by atoms with Gasteiger partial charge in [-0.25, -0.2) is 8.42 Å². The molecule has 1 heterocycles. The van der Waals surface area contributed by atoms with Crippen LogP contribution in [0.2, 0.25) is 0 Å². The maximum atomic E-state index is 12.3. The molecule has 0 aromatic carbocycles. The predicted molar refractivity (Wildman–Crippen MR) is 73.5 cm³/mol. The number of rotatable bonds is 8. The summed E-state index contributed by atoms with van der Waals surface area (Å²) in [6, 6.07) is 0.0172. The molecule has 1 rings (SSSR count).